The van der Waals surface area contributed by atoms with Crippen LogP contribution in [0.25, 0.3) is 22.2 Å². The Bertz CT molecular complexity index is 1680. The van der Waals surface area contributed by atoms with Gasteiger partial charge in [0.25, 0.3) is 11.7 Å². The molecule has 0 fully saturated rings. The molecule has 0 bridgehead atoms. The first-order valence-electron chi connectivity index (χ1n) is 11.1. The normalized spacial score (nSPS) is 10.7. The Morgan fingerprint density at radius 2 is 1.70 bits per heavy atom. The van der Waals surface area contributed by atoms with E-state index in [2.05, 4.69) is 21.4 Å². The highest BCUT2D eigenvalue weighted by Crippen LogP contribution is 2.29. The van der Waals surface area contributed by atoms with Crippen LogP contribution in [0.4, 0.5) is 5.69 Å². The zero-order valence-electron chi connectivity index (χ0n) is 19.2. The largest absolute Gasteiger partial charge is 0.327 e. The molecule has 5 rings (SSSR count). The maximum absolute atomic E-state index is 13.1. The summed E-state index contributed by atoms with van der Waals surface area (Å²) in [5, 5.41) is 12.7. The van der Waals surface area contributed by atoms with Gasteiger partial charge in [0.15, 0.2) is 0 Å². The number of carbonyl (C=O) groups excluding carboxylic acids is 2. The predicted octanol–water partition coefficient (Wildman–Crippen LogP) is 6.15. The summed E-state index contributed by atoms with van der Waals surface area (Å²) in [6.07, 6.45) is 5.90. The topological polar surface area (TPSA) is 101 Å². The fraction of sp³-hybridized carbons (Fsp3) is 0.0357. The molecule has 0 aliphatic carbocycles. The zero-order valence-corrected chi connectivity index (χ0v) is 20.7. The molecule has 0 unspecified atom stereocenters. The Hall–Kier alpha value is -4.51. The lowest BCUT2D eigenvalue weighted by Gasteiger charge is -2.08. The van der Waals surface area contributed by atoms with Gasteiger partial charge in [-0.15, -0.1) is 0 Å². The lowest BCUT2D eigenvalue weighted by molar-refractivity contribution is -0.112. The van der Waals surface area contributed by atoms with Crippen LogP contribution in [0.5, 0.6) is 0 Å². The number of fused-ring (bicyclic) bond motifs is 1. The number of nitrogens with one attached hydrogen (secondary N) is 1. The third-order valence-electron chi connectivity index (χ3n) is 5.84. The van der Waals surface area contributed by atoms with Gasteiger partial charge in [-0.25, -0.2) is 4.98 Å². The summed E-state index contributed by atoms with van der Waals surface area (Å²) in [5.41, 5.74) is 4.25. The lowest BCUT2D eigenvalue weighted by atomic mass is 9.99. The molecule has 5 aromatic rings. The number of benzene rings is 2. The summed E-state index contributed by atoms with van der Waals surface area (Å²) in [6.45, 7) is 0.421. The number of pyridine rings is 2. The molecular weight excluding hydrogens is 509 g/mol. The quantitative estimate of drug-likeness (QED) is 0.211. The molecule has 3 aromatic heterocycles. The van der Waals surface area contributed by atoms with Crippen LogP contribution in [0.2, 0.25) is 10.0 Å². The Morgan fingerprint density at radius 1 is 0.973 bits per heavy atom. The zero-order chi connectivity index (χ0) is 25.9. The van der Waals surface area contributed by atoms with Crippen molar-refractivity contribution in [1.29, 1.82) is 5.26 Å². The van der Waals surface area contributed by atoms with Crippen LogP contribution in [0.15, 0.2) is 85.5 Å². The van der Waals surface area contributed by atoms with Gasteiger partial charge in [-0.2, -0.15) is 5.26 Å². The molecule has 0 radical (unpaired) electrons. The molecule has 1 N–H and O–H groups in total. The molecule has 0 saturated carbocycles. The maximum atomic E-state index is 13.1. The number of ketones is 1. The second kappa shape index (κ2) is 10.2. The van der Waals surface area contributed by atoms with Crippen LogP contribution in [0, 0.1) is 11.3 Å². The highest BCUT2D eigenvalue weighted by atomic mass is 35.5. The van der Waals surface area contributed by atoms with Crippen molar-refractivity contribution in [3.63, 3.8) is 0 Å². The van der Waals surface area contributed by atoms with E-state index < -0.39 is 11.7 Å². The molecular formula is C28H17Cl2N5O2. The molecule has 0 aliphatic heterocycles. The second-order valence-electron chi connectivity index (χ2n) is 8.16. The van der Waals surface area contributed by atoms with E-state index in [0.717, 1.165) is 16.7 Å². The van der Waals surface area contributed by atoms with Crippen molar-refractivity contribution in [1.82, 2.24) is 14.5 Å². The van der Waals surface area contributed by atoms with E-state index in [9.17, 15) is 14.9 Å². The third kappa shape index (κ3) is 4.81. The van der Waals surface area contributed by atoms with Crippen molar-refractivity contribution in [2.24, 2.45) is 0 Å². The number of halogens is 2. The minimum Gasteiger partial charge on any atom is -0.327 e. The number of rotatable bonds is 6. The van der Waals surface area contributed by atoms with Gasteiger partial charge < -0.3 is 9.88 Å². The molecule has 0 atom stereocenters. The van der Waals surface area contributed by atoms with E-state index in [1.54, 1.807) is 30.6 Å². The van der Waals surface area contributed by atoms with Gasteiger partial charge in [0.05, 0.1) is 32.9 Å². The first-order chi connectivity index (χ1) is 18.0. The summed E-state index contributed by atoms with van der Waals surface area (Å²) >= 11 is 12.2. The van der Waals surface area contributed by atoms with Crippen LogP contribution in [0.1, 0.15) is 21.5 Å². The van der Waals surface area contributed by atoms with Gasteiger partial charge in [-0.1, -0.05) is 65.7 Å². The summed E-state index contributed by atoms with van der Waals surface area (Å²) < 4.78 is 1.82. The molecule has 0 spiro atoms. The molecule has 7 nitrogen and oxygen atoms in total. The van der Waals surface area contributed by atoms with Crippen molar-refractivity contribution < 1.29 is 9.59 Å². The van der Waals surface area contributed by atoms with Crippen molar-refractivity contribution >= 4 is 51.6 Å². The van der Waals surface area contributed by atoms with Gasteiger partial charge in [-0.05, 0) is 34.9 Å². The van der Waals surface area contributed by atoms with E-state index in [-0.39, 0.29) is 21.3 Å². The highest BCUT2D eigenvalue weighted by Gasteiger charge is 2.24. The smallest absolute Gasteiger partial charge is 0.296 e. The first kappa shape index (κ1) is 24.2. The Kier molecular flexibility index (Phi) is 6.69. The minimum absolute atomic E-state index is 0.122. The van der Waals surface area contributed by atoms with Crippen LogP contribution < -0.4 is 5.32 Å². The van der Waals surface area contributed by atoms with E-state index in [1.807, 2.05) is 47.0 Å². The van der Waals surface area contributed by atoms with E-state index in [0.29, 0.717) is 23.1 Å². The second-order valence-corrected chi connectivity index (χ2v) is 8.98. The molecule has 0 saturated heterocycles. The monoisotopic (exact) mass is 525 g/mol. The SMILES string of the molecule is N#Cc1ccccc1-c1ccc(Cn2cc(C(=O)C(=O)Nc3c(Cl)cncc3Cl)c3cccnc32)cc1. The number of aromatic nitrogens is 3. The average Bonchev–Trinajstić information content (AvgIpc) is 3.29. The minimum atomic E-state index is -0.876. The molecule has 9 heteroatoms. The summed E-state index contributed by atoms with van der Waals surface area (Å²) in [5.74, 6) is -1.62. The van der Waals surface area contributed by atoms with Crippen LogP contribution in [-0.2, 0) is 11.3 Å². The van der Waals surface area contributed by atoms with Crippen molar-refractivity contribution in [3.8, 4) is 17.2 Å². The maximum Gasteiger partial charge on any atom is 0.296 e. The van der Waals surface area contributed by atoms with E-state index in [4.69, 9.17) is 23.2 Å². The van der Waals surface area contributed by atoms with E-state index in [1.165, 1.54) is 12.4 Å². The van der Waals surface area contributed by atoms with Gasteiger partial charge >= 0.3 is 0 Å². The molecule has 37 heavy (non-hydrogen) atoms. The van der Waals surface area contributed by atoms with Crippen LogP contribution in [-0.4, -0.2) is 26.2 Å². The Morgan fingerprint density at radius 3 is 2.43 bits per heavy atom. The van der Waals surface area contributed by atoms with Gasteiger partial charge in [0.2, 0.25) is 0 Å². The lowest BCUT2D eigenvalue weighted by Crippen LogP contribution is -2.23. The molecule has 0 aliphatic rings. The number of amides is 1. The van der Waals surface area contributed by atoms with Crippen molar-refractivity contribution in [2.75, 3.05) is 5.32 Å². The molecule has 2 aromatic carbocycles. The fourth-order valence-electron chi connectivity index (χ4n) is 4.07. The number of hydrogen-bond acceptors (Lipinski definition) is 5. The molecule has 3 heterocycles. The summed E-state index contributed by atoms with van der Waals surface area (Å²) in [4.78, 5) is 34.2. The fourth-order valence-corrected chi connectivity index (χ4v) is 4.53. The van der Waals surface area contributed by atoms with E-state index >= 15 is 0 Å². The van der Waals surface area contributed by atoms with Gasteiger partial charge in [-0.3, -0.25) is 14.6 Å². The Balaban J connectivity index is 1.43. The van der Waals surface area contributed by atoms with Gasteiger partial charge in [0, 0.05) is 36.7 Å². The number of anilines is 1. The number of nitriles is 1. The first-order valence-corrected chi connectivity index (χ1v) is 11.9. The molecule has 1 amide bonds. The predicted molar refractivity (Wildman–Crippen MR) is 143 cm³/mol. The third-order valence-corrected chi connectivity index (χ3v) is 6.42. The Labute approximate surface area is 221 Å². The van der Waals surface area contributed by atoms with Crippen molar-refractivity contribution in [2.45, 2.75) is 6.54 Å². The number of Topliss-reactive ketones (excluding diaryl/α,β-unsaturated/α-hetero) is 1. The van der Waals surface area contributed by atoms with Gasteiger partial charge in [0.1, 0.15) is 5.65 Å². The summed E-state index contributed by atoms with van der Waals surface area (Å²) in [7, 11) is 0. The highest BCUT2D eigenvalue weighted by molar-refractivity contribution is 6.50. The van der Waals surface area contributed by atoms with Crippen molar-refractivity contribution in [3.05, 3.63) is 112 Å². The number of carbonyl (C=O) groups is 2. The van der Waals surface area contributed by atoms with Crippen LogP contribution in [0.3, 0.4) is 0 Å². The standard InChI is InChI=1S/C28H17Cl2N5O2/c29-23-13-32-14-24(30)25(23)34-28(37)26(36)22-16-35(27-21(22)6-3-11-33-27)15-17-7-9-18(10-8-17)20-5-2-1-4-19(20)12-31/h1-11,13-14,16H,15H2,(H,32,34,37). The number of nitrogens with zero attached hydrogens (tertiary/aromatic N) is 4. The number of hydrogen-bond donors (Lipinski definition) is 1. The molecule has 180 valence electrons. The van der Waals surface area contributed by atoms with Crippen LogP contribution >= 0.6 is 23.2 Å². The summed E-state index contributed by atoms with van der Waals surface area (Å²) in [6, 6.07) is 20.9. The average molecular weight is 526 g/mol.